The molecule has 0 aromatic rings. The molecule has 34 heavy (non-hydrogen) atoms. The van der Waals surface area contributed by atoms with Gasteiger partial charge in [0.05, 0.1) is 52.9 Å². The quantitative estimate of drug-likeness (QED) is 0.241. The van der Waals surface area contributed by atoms with E-state index >= 15 is 0 Å². The number of allylic oxidation sites excluding steroid dienone is 2. The van der Waals surface area contributed by atoms with Gasteiger partial charge in [-0.2, -0.15) is 0 Å². The molecule has 0 heterocycles. The van der Waals surface area contributed by atoms with E-state index in [1.807, 2.05) is 0 Å². The average Bonchev–Trinajstić information content (AvgIpc) is 3.31. The number of hydrogen-bond donors (Lipinski definition) is 2. The number of nitrogens with one attached hydrogen (secondary N) is 2. The normalized spacial score (nSPS) is 18.9. The summed E-state index contributed by atoms with van der Waals surface area (Å²) in [4.78, 5) is 23.6. The van der Waals surface area contributed by atoms with Crippen LogP contribution in [0.25, 0.3) is 0 Å². The smallest absolute Gasteiger partial charge is 0.407 e. The first-order chi connectivity index (χ1) is 16.7. The lowest BCUT2D eigenvalue weighted by atomic mass is 10.0. The predicted octanol–water partition coefficient (Wildman–Crippen LogP) is 3.12. The van der Waals surface area contributed by atoms with Gasteiger partial charge in [-0.15, -0.1) is 0 Å². The van der Waals surface area contributed by atoms with Crippen molar-refractivity contribution in [3.63, 3.8) is 0 Å². The molecule has 2 aliphatic rings. The van der Waals surface area contributed by atoms with Crippen molar-refractivity contribution in [2.75, 3.05) is 59.4 Å². The Balaban J connectivity index is 1.26. The molecule has 0 aromatic heterocycles. The second-order valence-corrected chi connectivity index (χ2v) is 8.68. The third kappa shape index (κ3) is 15.3. The van der Waals surface area contributed by atoms with Crippen molar-refractivity contribution in [2.24, 2.45) is 0 Å². The summed E-state index contributed by atoms with van der Waals surface area (Å²) in [6, 6.07) is 0.361. The van der Waals surface area contributed by atoms with E-state index in [-0.39, 0.29) is 18.1 Å². The number of carbonyl (C=O) groups excluding carboxylic acids is 2. The van der Waals surface area contributed by atoms with Gasteiger partial charge in [0.2, 0.25) is 5.91 Å². The molecule has 0 saturated heterocycles. The van der Waals surface area contributed by atoms with Crippen molar-refractivity contribution in [3.8, 4) is 0 Å². The van der Waals surface area contributed by atoms with Crippen LogP contribution in [0.2, 0.25) is 0 Å². The molecule has 0 bridgehead atoms. The summed E-state index contributed by atoms with van der Waals surface area (Å²) in [6.45, 7) is 4.07. The summed E-state index contributed by atoms with van der Waals surface area (Å²) in [5.74, 6) is 0.0715. The van der Waals surface area contributed by atoms with E-state index in [0.717, 1.165) is 44.9 Å². The first-order valence-electron chi connectivity index (χ1n) is 12.9. The fourth-order valence-corrected chi connectivity index (χ4v) is 3.96. The number of rotatable bonds is 17. The number of alkyl carbamates (subject to hydrolysis) is 1. The lowest BCUT2D eigenvalue weighted by Gasteiger charge is -2.18. The maximum absolute atomic E-state index is 11.8. The number of ether oxygens (including phenoxy) is 5. The summed E-state index contributed by atoms with van der Waals surface area (Å²) in [6.07, 6.45) is 13.9. The van der Waals surface area contributed by atoms with Gasteiger partial charge in [-0.05, 0) is 44.9 Å². The molecule has 1 fully saturated rings. The van der Waals surface area contributed by atoms with Crippen LogP contribution in [0.3, 0.4) is 0 Å². The van der Waals surface area contributed by atoms with Gasteiger partial charge < -0.3 is 34.3 Å². The van der Waals surface area contributed by atoms with Crippen LogP contribution >= 0.6 is 0 Å². The summed E-state index contributed by atoms with van der Waals surface area (Å²) >= 11 is 0. The monoisotopic (exact) mass is 484 g/mol. The molecule has 1 atom stereocenters. The Morgan fingerprint density at radius 3 is 2.03 bits per heavy atom. The molecule has 1 unspecified atom stereocenters. The molecule has 2 N–H and O–H groups in total. The molecule has 2 aliphatic carbocycles. The zero-order chi connectivity index (χ0) is 24.1. The highest BCUT2D eigenvalue weighted by Gasteiger charge is 2.16. The first kappa shape index (κ1) is 28.6. The highest BCUT2D eigenvalue weighted by Crippen LogP contribution is 2.17. The minimum atomic E-state index is -0.372. The Morgan fingerprint density at radius 2 is 1.32 bits per heavy atom. The van der Waals surface area contributed by atoms with Gasteiger partial charge in [0.25, 0.3) is 0 Å². The van der Waals surface area contributed by atoms with Gasteiger partial charge in [-0.25, -0.2) is 4.79 Å². The molecule has 196 valence electrons. The summed E-state index contributed by atoms with van der Waals surface area (Å²) in [5, 5.41) is 5.77. The molecule has 1 saturated carbocycles. The Labute approximate surface area is 204 Å². The molecule has 0 aromatic carbocycles. The van der Waals surface area contributed by atoms with E-state index in [9.17, 15) is 9.59 Å². The van der Waals surface area contributed by atoms with Crippen molar-refractivity contribution in [1.82, 2.24) is 10.6 Å². The van der Waals surface area contributed by atoms with E-state index in [4.69, 9.17) is 23.7 Å². The first-order valence-corrected chi connectivity index (χ1v) is 12.9. The summed E-state index contributed by atoms with van der Waals surface area (Å²) in [7, 11) is 0. The number of amides is 2. The summed E-state index contributed by atoms with van der Waals surface area (Å²) < 4.78 is 27.2. The van der Waals surface area contributed by atoms with Crippen LogP contribution in [0.4, 0.5) is 4.79 Å². The Morgan fingerprint density at radius 1 is 0.706 bits per heavy atom. The van der Waals surface area contributed by atoms with Crippen molar-refractivity contribution in [1.29, 1.82) is 0 Å². The molecule has 9 heteroatoms. The maximum Gasteiger partial charge on any atom is 0.407 e. The average molecular weight is 485 g/mol. The standard InChI is InChI=1S/C25H44N2O7/c28-24(27-22-8-6-7-9-22)12-14-30-16-18-32-20-21-33-19-17-31-15-13-26-25(29)34-23-10-4-2-1-3-5-11-23/h1-2,22-23H,3-21H2,(H,26,29)(H,27,28). The van der Waals surface area contributed by atoms with Gasteiger partial charge in [0, 0.05) is 19.0 Å². The van der Waals surface area contributed by atoms with Crippen molar-refractivity contribution < 1.29 is 33.3 Å². The van der Waals surface area contributed by atoms with E-state index in [0.29, 0.717) is 71.9 Å². The third-order valence-corrected chi connectivity index (χ3v) is 5.82. The molecule has 2 amide bonds. The lowest BCUT2D eigenvalue weighted by Crippen LogP contribution is -2.33. The zero-order valence-electron chi connectivity index (χ0n) is 20.6. The van der Waals surface area contributed by atoms with Crippen LogP contribution in [-0.4, -0.2) is 83.5 Å². The Hall–Kier alpha value is -1.68. The zero-order valence-corrected chi connectivity index (χ0v) is 20.6. The van der Waals surface area contributed by atoms with Crippen LogP contribution in [0.5, 0.6) is 0 Å². The molecule has 0 spiro atoms. The van der Waals surface area contributed by atoms with Gasteiger partial charge in [0.15, 0.2) is 0 Å². The highest BCUT2D eigenvalue weighted by molar-refractivity contribution is 5.76. The molecule has 2 rings (SSSR count). The van der Waals surface area contributed by atoms with Crippen LogP contribution in [0, 0.1) is 0 Å². The van der Waals surface area contributed by atoms with Crippen molar-refractivity contribution in [3.05, 3.63) is 12.2 Å². The van der Waals surface area contributed by atoms with Crippen molar-refractivity contribution >= 4 is 12.0 Å². The number of hydrogen-bond acceptors (Lipinski definition) is 7. The molecule has 0 aliphatic heterocycles. The van der Waals surface area contributed by atoms with Gasteiger partial charge in [-0.3, -0.25) is 4.79 Å². The fourth-order valence-electron chi connectivity index (χ4n) is 3.96. The van der Waals surface area contributed by atoms with Gasteiger partial charge in [0.1, 0.15) is 6.10 Å². The Bertz CT molecular complexity index is 567. The molecular weight excluding hydrogens is 440 g/mol. The Kier molecular flexibility index (Phi) is 16.5. The number of carbonyl (C=O) groups is 2. The van der Waals surface area contributed by atoms with Crippen LogP contribution in [0.1, 0.15) is 64.2 Å². The molecule has 0 radical (unpaired) electrons. The lowest BCUT2D eigenvalue weighted by molar-refractivity contribution is -0.123. The second kappa shape index (κ2) is 19.6. The fraction of sp³-hybridized carbons (Fsp3) is 0.840. The van der Waals surface area contributed by atoms with E-state index in [1.54, 1.807) is 0 Å². The predicted molar refractivity (Wildman–Crippen MR) is 129 cm³/mol. The minimum Gasteiger partial charge on any atom is -0.446 e. The second-order valence-electron chi connectivity index (χ2n) is 8.68. The maximum atomic E-state index is 11.8. The molecule has 9 nitrogen and oxygen atoms in total. The summed E-state index contributed by atoms with van der Waals surface area (Å²) in [5.41, 5.74) is 0. The van der Waals surface area contributed by atoms with Crippen molar-refractivity contribution in [2.45, 2.75) is 76.4 Å². The van der Waals surface area contributed by atoms with E-state index in [1.165, 1.54) is 12.8 Å². The van der Waals surface area contributed by atoms with Crippen LogP contribution in [0.15, 0.2) is 12.2 Å². The van der Waals surface area contributed by atoms with E-state index in [2.05, 4.69) is 22.8 Å². The van der Waals surface area contributed by atoms with Crippen LogP contribution in [-0.2, 0) is 28.5 Å². The van der Waals surface area contributed by atoms with Gasteiger partial charge in [-0.1, -0.05) is 25.0 Å². The van der Waals surface area contributed by atoms with Crippen LogP contribution < -0.4 is 10.6 Å². The minimum absolute atomic E-state index is 0.000757. The third-order valence-electron chi connectivity index (χ3n) is 5.82. The SMILES string of the molecule is O=C(CCOCCOCCOCCOCCNC(=O)OC1CCC=CCCC1)NC1CCCC1. The van der Waals surface area contributed by atoms with E-state index < -0.39 is 0 Å². The highest BCUT2D eigenvalue weighted by atomic mass is 16.6. The topological polar surface area (TPSA) is 104 Å². The van der Waals surface area contributed by atoms with Gasteiger partial charge >= 0.3 is 6.09 Å². The largest absolute Gasteiger partial charge is 0.446 e. The molecular formula is C25H44N2O7.